The third-order valence-electron chi connectivity index (χ3n) is 5.28. The average molecular weight is 649 g/mol. The van der Waals surface area contributed by atoms with Gasteiger partial charge < -0.3 is 14.8 Å². The van der Waals surface area contributed by atoms with Gasteiger partial charge in [0.05, 0.1) is 21.3 Å². The van der Waals surface area contributed by atoms with Gasteiger partial charge in [-0.25, -0.2) is 13.8 Å². The average Bonchev–Trinajstić information content (AvgIpc) is 3.19. The Balaban J connectivity index is 1.51. The van der Waals surface area contributed by atoms with Crippen LogP contribution in [0.1, 0.15) is 12.5 Å². The molecular formula is C27H22F2IN3O4S. The van der Waals surface area contributed by atoms with E-state index in [1.807, 2.05) is 13.0 Å². The van der Waals surface area contributed by atoms with Crippen LogP contribution in [0, 0.1) is 15.2 Å². The van der Waals surface area contributed by atoms with Crippen LogP contribution < -0.4 is 14.8 Å². The number of likely N-dealkylation sites (N-methyl/N-ethyl adjacent to an activating group) is 1. The third-order valence-corrected chi connectivity index (χ3v) is 7.09. The highest BCUT2D eigenvalue weighted by atomic mass is 127. The number of hydrogen-bond donors (Lipinski definition) is 1. The van der Waals surface area contributed by atoms with Crippen molar-refractivity contribution >= 4 is 68.8 Å². The summed E-state index contributed by atoms with van der Waals surface area (Å²) >= 11 is 3.30. The van der Waals surface area contributed by atoms with Gasteiger partial charge in [0.15, 0.2) is 23.3 Å². The zero-order chi connectivity index (χ0) is 27.2. The summed E-state index contributed by atoms with van der Waals surface area (Å²) < 4.78 is 38.2. The summed E-state index contributed by atoms with van der Waals surface area (Å²) in [7, 11) is 1.48. The Morgan fingerprint density at radius 1 is 1.11 bits per heavy atom. The maximum atomic E-state index is 13.2. The van der Waals surface area contributed by atoms with Crippen LogP contribution in [-0.2, 0) is 9.59 Å². The van der Waals surface area contributed by atoms with E-state index < -0.39 is 11.7 Å². The number of halogens is 3. The third kappa shape index (κ3) is 6.70. The largest absolute Gasteiger partial charge is 0.493 e. The Bertz CT molecular complexity index is 1410. The van der Waals surface area contributed by atoms with Crippen molar-refractivity contribution in [1.29, 1.82) is 0 Å². The second kappa shape index (κ2) is 12.4. The summed E-state index contributed by atoms with van der Waals surface area (Å²) in [6.07, 6.45) is 1.73. The quantitative estimate of drug-likeness (QED) is 0.232. The van der Waals surface area contributed by atoms with E-state index in [1.165, 1.54) is 55.3 Å². The topological polar surface area (TPSA) is 80.2 Å². The van der Waals surface area contributed by atoms with Gasteiger partial charge in [-0.3, -0.25) is 14.5 Å². The smallest absolute Gasteiger partial charge is 0.266 e. The molecular weight excluding hydrogens is 627 g/mol. The fourth-order valence-electron chi connectivity index (χ4n) is 3.48. The lowest BCUT2D eigenvalue weighted by Crippen LogP contribution is -2.28. The van der Waals surface area contributed by atoms with Crippen LogP contribution in [0.5, 0.6) is 11.5 Å². The van der Waals surface area contributed by atoms with E-state index in [4.69, 9.17) is 9.47 Å². The number of amidine groups is 1. The highest BCUT2D eigenvalue weighted by Gasteiger charge is 2.32. The van der Waals surface area contributed by atoms with E-state index in [0.717, 1.165) is 0 Å². The molecule has 4 rings (SSSR count). The highest BCUT2D eigenvalue weighted by molar-refractivity contribution is 14.1. The molecule has 11 heteroatoms. The molecule has 0 saturated carbocycles. The lowest BCUT2D eigenvalue weighted by molar-refractivity contribution is -0.122. The van der Waals surface area contributed by atoms with Crippen molar-refractivity contribution in [3.05, 3.63) is 86.3 Å². The summed E-state index contributed by atoms with van der Waals surface area (Å²) in [5.41, 5.74) is 1.69. The number of benzene rings is 3. The molecule has 3 aromatic rings. The van der Waals surface area contributed by atoms with Crippen molar-refractivity contribution in [2.75, 3.05) is 25.6 Å². The lowest BCUT2D eigenvalue weighted by Gasteiger charge is -2.14. The van der Waals surface area contributed by atoms with Crippen molar-refractivity contribution < 1.29 is 27.8 Å². The van der Waals surface area contributed by atoms with Crippen LogP contribution in [0.4, 0.5) is 20.2 Å². The Labute approximate surface area is 236 Å². The zero-order valence-electron chi connectivity index (χ0n) is 20.3. The van der Waals surface area contributed by atoms with E-state index >= 15 is 0 Å². The summed E-state index contributed by atoms with van der Waals surface area (Å²) in [5.74, 6) is -0.594. The molecule has 3 aromatic carbocycles. The first kappa shape index (κ1) is 27.6. The summed E-state index contributed by atoms with van der Waals surface area (Å²) in [6.45, 7) is 2.00. The second-order valence-corrected chi connectivity index (χ2v) is 10.1. The van der Waals surface area contributed by atoms with Gasteiger partial charge in [-0.1, -0.05) is 0 Å². The van der Waals surface area contributed by atoms with Crippen LogP contribution in [0.2, 0.25) is 0 Å². The number of nitrogens with one attached hydrogen (secondary N) is 1. The monoisotopic (exact) mass is 649 g/mol. The Morgan fingerprint density at radius 2 is 1.76 bits per heavy atom. The number of rotatable bonds is 8. The molecule has 0 aromatic heterocycles. The molecule has 0 spiro atoms. The molecule has 1 aliphatic heterocycles. The minimum absolute atomic E-state index is 0.190. The van der Waals surface area contributed by atoms with Crippen molar-refractivity contribution in [2.24, 2.45) is 4.99 Å². The number of ether oxygens (including phenoxy) is 2. The van der Waals surface area contributed by atoms with E-state index in [2.05, 4.69) is 32.9 Å². The van der Waals surface area contributed by atoms with Gasteiger partial charge in [-0.15, -0.1) is 0 Å². The van der Waals surface area contributed by atoms with Crippen molar-refractivity contribution in [1.82, 2.24) is 4.90 Å². The molecule has 1 aliphatic rings. The number of thioether (sulfide) groups is 1. The van der Waals surface area contributed by atoms with Gasteiger partial charge in [-0.2, -0.15) is 0 Å². The molecule has 7 nitrogen and oxygen atoms in total. The second-order valence-electron chi connectivity index (χ2n) is 7.91. The summed E-state index contributed by atoms with van der Waals surface area (Å²) in [4.78, 5) is 31.9. The van der Waals surface area contributed by atoms with E-state index in [1.54, 1.807) is 29.2 Å². The number of anilines is 1. The number of hydrogen-bond acceptors (Lipinski definition) is 6. The summed E-state index contributed by atoms with van der Waals surface area (Å²) in [5, 5.41) is 3.14. The van der Waals surface area contributed by atoms with Crippen LogP contribution in [0.25, 0.3) is 6.08 Å². The van der Waals surface area contributed by atoms with Crippen molar-refractivity contribution in [3.63, 3.8) is 0 Å². The SMILES string of the molecule is CCN1C(=O)/C(=C\c2cc(I)c(OCC(=O)Nc3ccc(F)cc3)c(OC)c2)SC1=Nc1ccc(F)cc1. The Morgan fingerprint density at radius 3 is 2.39 bits per heavy atom. The van der Waals surface area contributed by atoms with Gasteiger partial charge in [0, 0.05) is 12.2 Å². The Kier molecular flexibility index (Phi) is 9.00. The van der Waals surface area contributed by atoms with E-state index in [9.17, 15) is 18.4 Å². The molecule has 0 unspecified atom stereocenters. The lowest BCUT2D eigenvalue weighted by atomic mass is 10.2. The van der Waals surface area contributed by atoms with Gasteiger partial charge in [-0.05, 0) is 114 Å². The predicted molar refractivity (Wildman–Crippen MR) is 153 cm³/mol. The molecule has 0 radical (unpaired) electrons. The predicted octanol–water partition coefficient (Wildman–Crippen LogP) is 6.22. The number of aliphatic imine (C=N–C) groups is 1. The fraction of sp³-hybridized carbons (Fsp3) is 0.148. The molecule has 1 saturated heterocycles. The van der Waals surface area contributed by atoms with Crippen LogP contribution >= 0.6 is 34.4 Å². The van der Waals surface area contributed by atoms with Gasteiger partial charge in [0.2, 0.25) is 0 Å². The highest BCUT2D eigenvalue weighted by Crippen LogP contribution is 2.38. The first-order valence-corrected chi connectivity index (χ1v) is 13.3. The minimum atomic E-state index is -0.416. The van der Waals surface area contributed by atoms with Crippen molar-refractivity contribution in [2.45, 2.75) is 6.92 Å². The van der Waals surface area contributed by atoms with Crippen LogP contribution in [0.3, 0.4) is 0 Å². The first-order chi connectivity index (χ1) is 18.3. The van der Waals surface area contributed by atoms with Gasteiger partial charge >= 0.3 is 0 Å². The van der Waals surface area contributed by atoms with Gasteiger partial charge in [0.1, 0.15) is 11.6 Å². The molecule has 1 heterocycles. The van der Waals surface area contributed by atoms with E-state index in [0.29, 0.717) is 48.6 Å². The van der Waals surface area contributed by atoms with E-state index in [-0.39, 0.29) is 18.3 Å². The molecule has 0 aliphatic carbocycles. The molecule has 2 amide bonds. The normalized spacial score (nSPS) is 15.3. The fourth-order valence-corrected chi connectivity index (χ4v) is 5.32. The maximum absolute atomic E-state index is 13.2. The molecule has 0 atom stereocenters. The molecule has 1 fully saturated rings. The van der Waals surface area contributed by atoms with Crippen LogP contribution in [-0.4, -0.2) is 42.1 Å². The Hall–Kier alpha value is -3.45. The minimum Gasteiger partial charge on any atom is -0.493 e. The number of nitrogens with zero attached hydrogens (tertiary/aromatic N) is 2. The van der Waals surface area contributed by atoms with Crippen molar-refractivity contribution in [3.8, 4) is 11.5 Å². The standard InChI is InChI=1S/C27H22F2IN3O4S/c1-3-33-26(35)23(38-27(33)32-20-10-6-18(29)7-11-20)14-16-12-21(30)25(22(13-16)36-2)37-15-24(34)31-19-8-4-17(28)5-9-19/h4-14H,3,15H2,1-2H3,(H,31,34)/b23-14+,32-27?. The van der Waals surface area contributed by atoms with Crippen LogP contribution in [0.15, 0.2) is 70.6 Å². The number of carbonyl (C=O) groups excluding carboxylic acids is 2. The first-order valence-electron chi connectivity index (χ1n) is 11.4. The van der Waals surface area contributed by atoms with Gasteiger partial charge in [0.25, 0.3) is 11.8 Å². The number of carbonyl (C=O) groups is 2. The maximum Gasteiger partial charge on any atom is 0.266 e. The molecule has 0 bridgehead atoms. The number of amides is 2. The number of methoxy groups -OCH3 is 1. The zero-order valence-corrected chi connectivity index (χ0v) is 23.3. The molecule has 38 heavy (non-hydrogen) atoms. The molecule has 1 N–H and O–H groups in total. The molecule has 196 valence electrons. The summed E-state index contributed by atoms with van der Waals surface area (Å²) in [6, 6.07) is 14.7.